The zero-order valence-electron chi connectivity index (χ0n) is 18.1. The lowest BCUT2D eigenvalue weighted by Gasteiger charge is -2.09. The summed E-state index contributed by atoms with van der Waals surface area (Å²) in [7, 11) is 2.18. The monoisotopic (exact) mass is 391 g/mol. The Bertz CT molecular complexity index is 1380. The van der Waals surface area contributed by atoms with Crippen molar-refractivity contribution in [2.45, 2.75) is 26.7 Å². The molecule has 0 saturated heterocycles. The predicted octanol–water partition coefficient (Wildman–Crippen LogP) is 6.71. The Kier molecular flexibility index (Phi) is 4.43. The smallest absolute Gasteiger partial charge is 0.225 e. The molecule has 0 bridgehead atoms. The van der Waals surface area contributed by atoms with E-state index in [2.05, 4.69) is 122 Å². The summed E-state index contributed by atoms with van der Waals surface area (Å²) in [5.74, 6) is 1.69. The molecule has 0 N–H and O–H groups in total. The van der Waals surface area contributed by atoms with Crippen molar-refractivity contribution in [3.8, 4) is 17.1 Å². The van der Waals surface area contributed by atoms with Crippen molar-refractivity contribution < 1.29 is 4.57 Å². The summed E-state index contributed by atoms with van der Waals surface area (Å²) >= 11 is 0. The molecule has 5 rings (SSSR count). The number of hydrogen-bond donors (Lipinski definition) is 0. The van der Waals surface area contributed by atoms with Crippen LogP contribution < -0.4 is 4.57 Å². The normalized spacial score (nSPS) is 11.6. The molecule has 5 aromatic rings. The van der Waals surface area contributed by atoms with Crippen molar-refractivity contribution in [1.29, 1.82) is 0 Å². The number of nitrogens with zero attached hydrogens (tertiary/aromatic N) is 2. The summed E-state index contributed by atoms with van der Waals surface area (Å²) in [5, 5.41) is 2.53. The van der Waals surface area contributed by atoms with Gasteiger partial charge in [-0.2, -0.15) is 4.57 Å². The van der Waals surface area contributed by atoms with Gasteiger partial charge in [0.1, 0.15) is 5.69 Å². The van der Waals surface area contributed by atoms with Gasteiger partial charge in [-0.05, 0) is 53.6 Å². The first-order valence-electron chi connectivity index (χ1n) is 10.6. The van der Waals surface area contributed by atoms with E-state index in [-0.39, 0.29) is 0 Å². The van der Waals surface area contributed by atoms with Crippen LogP contribution in [0, 0.1) is 6.92 Å². The molecule has 148 valence electrons. The van der Waals surface area contributed by atoms with Crippen molar-refractivity contribution in [1.82, 2.24) is 4.57 Å². The second kappa shape index (κ2) is 7.14. The molecule has 2 heteroatoms. The van der Waals surface area contributed by atoms with Gasteiger partial charge in [0, 0.05) is 5.39 Å². The van der Waals surface area contributed by atoms with Gasteiger partial charge >= 0.3 is 0 Å². The minimum Gasteiger partial charge on any atom is -0.225 e. The highest BCUT2D eigenvalue weighted by molar-refractivity contribution is 5.93. The van der Waals surface area contributed by atoms with Crippen LogP contribution in [-0.2, 0) is 7.05 Å². The third kappa shape index (κ3) is 2.83. The number of rotatable bonds is 3. The molecule has 1 aromatic heterocycles. The van der Waals surface area contributed by atoms with Crippen LogP contribution in [-0.4, -0.2) is 4.57 Å². The summed E-state index contributed by atoms with van der Waals surface area (Å²) in [6, 6.07) is 30.8. The van der Waals surface area contributed by atoms with Gasteiger partial charge < -0.3 is 0 Å². The second-order valence-corrected chi connectivity index (χ2v) is 8.43. The fraction of sp³-hybridized carbons (Fsp3) is 0.179. The number of imidazole rings is 1. The average molecular weight is 392 g/mol. The van der Waals surface area contributed by atoms with Crippen LogP contribution >= 0.6 is 0 Å². The lowest BCUT2D eigenvalue weighted by atomic mass is 10.0. The highest BCUT2D eigenvalue weighted by atomic mass is 15.2. The van der Waals surface area contributed by atoms with Crippen molar-refractivity contribution in [2.75, 3.05) is 0 Å². The highest BCUT2D eigenvalue weighted by Gasteiger charge is 2.28. The molecule has 0 unspecified atom stereocenters. The van der Waals surface area contributed by atoms with E-state index < -0.39 is 0 Å². The molecule has 0 saturated carbocycles. The molecule has 0 atom stereocenters. The van der Waals surface area contributed by atoms with Crippen molar-refractivity contribution >= 4 is 21.8 Å². The molecule has 0 amide bonds. The Morgan fingerprint density at radius 1 is 0.800 bits per heavy atom. The van der Waals surface area contributed by atoms with E-state index in [1.54, 1.807) is 0 Å². The van der Waals surface area contributed by atoms with Crippen molar-refractivity contribution in [3.05, 3.63) is 96.1 Å². The van der Waals surface area contributed by atoms with Crippen LogP contribution in [0.2, 0.25) is 0 Å². The maximum absolute atomic E-state index is 2.45. The zero-order valence-corrected chi connectivity index (χ0v) is 18.1. The van der Waals surface area contributed by atoms with Crippen LogP contribution in [0.1, 0.15) is 30.9 Å². The summed E-state index contributed by atoms with van der Waals surface area (Å²) < 4.78 is 4.79. The van der Waals surface area contributed by atoms with E-state index >= 15 is 0 Å². The Morgan fingerprint density at radius 2 is 1.53 bits per heavy atom. The molecule has 4 aromatic carbocycles. The van der Waals surface area contributed by atoms with E-state index in [9.17, 15) is 0 Å². The van der Waals surface area contributed by atoms with Gasteiger partial charge in [-0.15, -0.1) is 0 Å². The molecule has 0 spiro atoms. The molecule has 1 heterocycles. The summed E-state index contributed by atoms with van der Waals surface area (Å²) in [6.45, 7) is 6.71. The highest BCUT2D eigenvalue weighted by Crippen LogP contribution is 2.33. The van der Waals surface area contributed by atoms with Gasteiger partial charge in [-0.25, -0.2) is 4.57 Å². The standard InChI is InChI=1S/C28H27N2/c1-19(2)22-16-17-26-27(18-22)30(25-15-9-12-21-11-6-8-14-24(21)25)28(29(26)4)23-13-7-5-10-20(23)3/h5-19H,1-4H3/q+1. The predicted molar refractivity (Wildman–Crippen MR) is 126 cm³/mol. The molecule has 30 heavy (non-hydrogen) atoms. The summed E-state index contributed by atoms with van der Waals surface area (Å²) in [6.07, 6.45) is 0. The van der Waals surface area contributed by atoms with Crippen LogP contribution in [0.3, 0.4) is 0 Å². The maximum atomic E-state index is 2.45. The molecular weight excluding hydrogens is 364 g/mol. The van der Waals surface area contributed by atoms with Crippen molar-refractivity contribution in [2.24, 2.45) is 7.05 Å². The Morgan fingerprint density at radius 3 is 2.33 bits per heavy atom. The Balaban J connectivity index is 1.97. The van der Waals surface area contributed by atoms with Crippen LogP contribution in [0.5, 0.6) is 0 Å². The molecular formula is C28H27N2+. The molecule has 2 nitrogen and oxygen atoms in total. The molecule has 0 fully saturated rings. The minimum atomic E-state index is 0.484. The lowest BCUT2D eigenvalue weighted by molar-refractivity contribution is -0.633. The van der Waals surface area contributed by atoms with Crippen LogP contribution in [0.25, 0.3) is 38.9 Å². The summed E-state index contributed by atoms with van der Waals surface area (Å²) in [4.78, 5) is 0. The van der Waals surface area contributed by atoms with E-state index in [1.165, 1.54) is 50.0 Å². The number of fused-ring (bicyclic) bond motifs is 2. The fourth-order valence-corrected chi connectivity index (χ4v) is 4.51. The first-order valence-corrected chi connectivity index (χ1v) is 10.6. The van der Waals surface area contributed by atoms with E-state index in [4.69, 9.17) is 0 Å². The van der Waals surface area contributed by atoms with Gasteiger partial charge in [0.05, 0.1) is 12.6 Å². The third-order valence-electron chi connectivity index (χ3n) is 6.19. The van der Waals surface area contributed by atoms with Gasteiger partial charge in [0.25, 0.3) is 5.82 Å². The molecule has 0 aliphatic rings. The first-order chi connectivity index (χ1) is 14.6. The van der Waals surface area contributed by atoms with E-state index in [1.807, 2.05) is 0 Å². The van der Waals surface area contributed by atoms with Gasteiger partial charge in [-0.1, -0.05) is 74.5 Å². The summed E-state index contributed by atoms with van der Waals surface area (Å²) in [5.41, 5.74) is 7.61. The van der Waals surface area contributed by atoms with E-state index in [0.29, 0.717) is 5.92 Å². The number of hydrogen-bond acceptors (Lipinski definition) is 0. The quantitative estimate of drug-likeness (QED) is 0.302. The molecule has 0 aliphatic heterocycles. The van der Waals surface area contributed by atoms with Crippen molar-refractivity contribution in [3.63, 3.8) is 0 Å². The third-order valence-corrected chi connectivity index (χ3v) is 6.19. The first kappa shape index (κ1) is 18.6. The van der Waals surface area contributed by atoms with Gasteiger partial charge in [-0.3, -0.25) is 0 Å². The van der Waals surface area contributed by atoms with E-state index in [0.717, 1.165) is 0 Å². The topological polar surface area (TPSA) is 8.81 Å². The Labute approximate surface area is 178 Å². The number of benzene rings is 4. The number of aryl methyl sites for hydroxylation is 2. The number of aromatic nitrogens is 2. The minimum absolute atomic E-state index is 0.484. The molecule has 0 aliphatic carbocycles. The SMILES string of the molecule is Cc1ccccc1-c1n(-c2cccc3ccccc23)c2cc(C(C)C)ccc2[n+]1C. The second-order valence-electron chi connectivity index (χ2n) is 8.43. The van der Waals surface area contributed by atoms with Gasteiger partial charge in [0.2, 0.25) is 0 Å². The fourth-order valence-electron chi connectivity index (χ4n) is 4.51. The maximum Gasteiger partial charge on any atom is 0.295 e. The zero-order chi connectivity index (χ0) is 20.8. The largest absolute Gasteiger partial charge is 0.295 e. The van der Waals surface area contributed by atoms with Gasteiger partial charge in [0.15, 0.2) is 11.0 Å². The van der Waals surface area contributed by atoms with Crippen LogP contribution in [0.15, 0.2) is 84.9 Å². The Hall–Kier alpha value is -3.39. The molecule has 0 radical (unpaired) electrons. The lowest BCUT2D eigenvalue weighted by Crippen LogP contribution is -2.30. The van der Waals surface area contributed by atoms with Crippen LogP contribution in [0.4, 0.5) is 0 Å². The average Bonchev–Trinajstić information content (AvgIpc) is 3.05.